The number of amides is 1. The number of sulfonamides is 1. The Morgan fingerprint density at radius 3 is 2.64 bits per heavy atom. The van der Waals surface area contributed by atoms with E-state index in [4.69, 9.17) is 0 Å². The summed E-state index contributed by atoms with van der Waals surface area (Å²) in [6, 6.07) is 8.64. The first-order chi connectivity index (χ1) is 13.4. The molecular formula is C18H25N5O3S2. The van der Waals surface area contributed by atoms with E-state index >= 15 is 0 Å². The van der Waals surface area contributed by atoms with Crippen LogP contribution in [0.2, 0.25) is 0 Å². The minimum Gasteiger partial charge on any atom is -0.303 e. The zero-order valence-corrected chi connectivity index (χ0v) is 17.4. The van der Waals surface area contributed by atoms with Crippen molar-refractivity contribution in [1.82, 2.24) is 19.8 Å². The lowest BCUT2D eigenvalue weighted by Gasteiger charge is -2.30. The van der Waals surface area contributed by atoms with E-state index in [1.54, 1.807) is 24.3 Å². The van der Waals surface area contributed by atoms with E-state index in [2.05, 4.69) is 32.1 Å². The molecule has 0 radical (unpaired) electrons. The third kappa shape index (κ3) is 5.81. The smallest absolute Gasteiger partial charge is 0.269 e. The molecule has 1 aromatic carbocycles. The maximum Gasteiger partial charge on any atom is 0.269 e. The summed E-state index contributed by atoms with van der Waals surface area (Å²) in [6.07, 6.45) is 3.14. The molecule has 8 nitrogen and oxygen atoms in total. The van der Waals surface area contributed by atoms with Crippen molar-refractivity contribution in [3.63, 3.8) is 0 Å². The number of carbonyl (C=O) groups excluding carboxylic acids is 1. The number of piperidine rings is 1. The number of hydrogen-bond donors (Lipinski definition) is 2. The maximum atomic E-state index is 12.4. The normalized spacial score (nSPS) is 16.2. The zero-order valence-electron chi connectivity index (χ0n) is 15.8. The molecule has 28 heavy (non-hydrogen) atoms. The predicted octanol–water partition coefficient (Wildman–Crippen LogP) is 2.19. The third-order valence-corrected chi connectivity index (χ3v) is 7.38. The second-order valence-electron chi connectivity index (χ2n) is 6.97. The van der Waals surface area contributed by atoms with Crippen molar-refractivity contribution in [1.29, 1.82) is 0 Å². The standard InChI is InChI=1S/C18H25N5O3S2/c1-14-8-12-23(13-9-14)11-5-10-19-28(25,26)18-22-21-17(27-18)20-16(24)15-6-3-2-4-7-15/h2-4,6-7,14,19H,5,8-13H2,1H3,(H,20,21,24). The van der Waals surface area contributed by atoms with Crippen LogP contribution in [0, 0.1) is 5.92 Å². The molecule has 10 heteroatoms. The van der Waals surface area contributed by atoms with Gasteiger partial charge in [-0.2, -0.15) is 0 Å². The van der Waals surface area contributed by atoms with Crippen LogP contribution in [0.15, 0.2) is 34.7 Å². The Morgan fingerprint density at radius 1 is 1.21 bits per heavy atom. The van der Waals surface area contributed by atoms with Crippen molar-refractivity contribution < 1.29 is 13.2 Å². The summed E-state index contributed by atoms with van der Waals surface area (Å²) >= 11 is 0.834. The first-order valence-corrected chi connectivity index (χ1v) is 11.7. The average molecular weight is 424 g/mol. The first kappa shape index (κ1) is 20.8. The quantitative estimate of drug-likeness (QED) is 0.498. The van der Waals surface area contributed by atoms with Crippen LogP contribution >= 0.6 is 11.3 Å². The molecule has 1 amide bonds. The summed E-state index contributed by atoms with van der Waals surface area (Å²) in [7, 11) is -3.73. The van der Waals surface area contributed by atoms with E-state index in [9.17, 15) is 13.2 Å². The highest BCUT2D eigenvalue weighted by Crippen LogP contribution is 2.20. The van der Waals surface area contributed by atoms with Gasteiger partial charge in [-0.3, -0.25) is 10.1 Å². The Kier molecular flexibility index (Phi) is 7.11. The molecule has 1 aromatic heterocycles. The van der Waals surface area contributed by atoms with E-state index in [1.807, 2.05) is 6.07 Å². The number of nitrogens with one attached hydrogen (secondary N) is 2. The number of hydrogen-bond acceptors (Lipinski definition) is 7. The molecule has 0 aliphatic carbocycles. The molecule has 1 aliphatic heterocycles. The molecule has 0 spiro atoms. The van der Waals surface area contributed by atoms with Gasteiger partial charge in [0.1, 0.15) is 0 Å². The maximum absolute atomic E-state index is 12.4. The van der Waals surface area contributed by atoms with Gasteiger partial charge in [0, 0.05) is 12.1 Å². The molecule has 0 atom stereocenters. The Morgan fingerprint density at radius 2 is 1.93 bits per heavy atom. The average Bonchev–Trinajstić information content (AvgIpc) is 3.17. The summed E-state index contributed by atoms with van der Waals surface area (Å²) in [6.45, 7) is 5.65. The van der Waals surface area contributed by atoms with Crippen molar-refractivity contribution in [2.45, 2.75) is 30.5 Å². The lowest BCUT2D eigenvalue weighted by atomic mass is 9.99. The van der Waals surface area contributed by atoms with E-state index in [0.29, 0.717) is 12.1 Å². The van der Waals surface area contributed by atoms with Gasteiger partial charge in [0.15, 0.2) is 0 Å². The van der Waals surface area contributed by atoms with Crippen LogP contribution in [0.3, 0.4) is 0 Å². The van der Waals surface area contributed by atoms with Gasteiger partial charge >= 0.3 is 0 Å². The van der Waals surface area contributed by atoms with Crippen LogP contribution in [-0.2, 0) is 10.0 Å². The summed E-state index contributed by atoms with van der Waals surface area (Å²) in [5, 5.41) is 10.2. The zero-order chi connectivity index (χ0) is 20.0. The highest BCUT2D eigenvalue weighted by molar-refractivity contribution is 7.91. The van der Waals surface area contributed by atoms with Crippen LogP contribution < -0.4 is 10.0 Å². The Labute approximate surface area is 169 Å². The number of benzene rings is 1. The van der Waals surface area contributed by atoms with Crippen LogP contribution in [0.25, 0.3) is 0 Å². The summed E-state index contributed by atoms with van der Waals surface area (Å²) in [5.74, 6) is 0.424. The molecule has 152 valence electrons. The number of likely N-dealkylation sites (tertiary alicyclic amines) is 1. The van der Waals surface area contributed by atoms with Crippen LogP contribution in [0.5, 0.6) is 0 Å². The highest BCUT2D eigenvalue weighted by Gasteiger charge is 2.21. The molecule has 0 saturated carbocycles. The van der Waals surface area contributed by atoms with Gasteiger partial charge in [0.2, 0.25) is 9.47 Å². The van der Waals surface area contributed by atoms with Crippen LogP contribution in [0.1, 0.15) is 36.5 Å². The molecule has 0 bridgehead atoms. The predicted molar refractivity (Wildman–Crippen MR) is 109 cm³/mol. The van der Waals surface area contributed by atoms with E-state index < -0.39 is 10.0 Å². The van der Waals surface area contributed by atoms with Gasteiger partial charge < -0.3 is 4.90 Å². The van der Waals surface area contributed by atoms with E-state index in [0.717, 1.165) is 43.3 Å². The molecule has 3 rings (SSSR count). The lowest BCUT2D eigenvalue weighted by molar-refractivity contribution is 0.102. The van der Waals surface area contributed by atoms with Gasteiger partial charge in [-0.25, -0.2) is 13.1 Å². The Balaban J connectivity index is 1.47. The van der Waals surface area contributed by atoms with Gasteiger partial charge in [0.25, 0.3) is 15.9 Å². The monoisotopic (exact) mass is 423 g/mol. The van der Waals surface area contributed by atoms with E-state index in [-0.39, 0.29) is 15.4 Å². The number of nitrogens with zero attached hydrogens (tertiary/aromatic N) is 3. The van der Waals surface area contributed by atoms with Gasteiger partial charge in [-0.05, 0) is 56.9 Å². The second-order valence-corrected chi connectivity index (χ2v) is 9.89. The fourth-order valence-corrected chi connectivity index (χ4v) is 4.99. The van der Waals surface area contributed by atoms with Crippen LogP contribution in [0.4, 0.5) is 5.13 Å². The number of rotatable bonds is 8. The molecule has 1 fully saturated rings. The molecule has 1 aliphatic rings. The van der Waals surface area contributed by atoms with Crippen molar-refractivity contribution in [3.05, 3.63) is 35.9 Å². The summed E-state index contributed by atoms with van der Waals surface area (Å²) in [4.78, 5) is 14.5. The molecule has 2 heterocycles. The largest absolute Gasteiger partial charge is 0.303 e. The van der Waals surface area contributed by atoms with Gasteiger partial charge in [-0.15, -0.1) is 10.2 Å². The van der Waals surface area contributed by atoms with Crippen LogP contribution in [-0.4, -0.2) is 55.6 Å². The number of carbonyl (C=O) groups is 1. The van der Waals surface area contributed by atoms with E-state index in [1.165, 1.54) is 12.8 Å². The SMILES string of the molecule is CC1CCN(CCCNS(=O)(=O)c2nnc(NC(=O)c3ccccc3)s2)CC1. The van der Waals surface area contributed by atoms with Crippen molar-refractivity contribution >= 4 is 32.4 Å². The lowest BCUT2D eigenvalue weighted by Crippen LogP contribution is -2.35. The second kappa shape index (κ2) is 9.55. The van der Waals surface area contributed by atoms with Crippen molar-refractivity contribution in [2.75, 3.05) is 31.5 Å². The van der Waals surface area contributed by atoms with Crippen molar-refractivity contribution in [3.8, 4) is 0 Å². The molecular weight excluding hydrogens is 398 g/mol. The molecule has 2 N–H and O–H groups in total. The fourth-order valence-electron chi connectivity index (χ4n) is 2.98. The molecule has 2 aromatic rings. The third-order valence-electron chi connectivity index (χ3n) is 4.71. The minimum atomic E-state index is -3.73. The fraction of sp³-hybridized carbons (Fsp3) is 0.500. The topological polar surface area (TPSA) is 104 Å². The number of aromatic nitrogens is 2. The minimum absolute atomic E-state index is 0.150. The molecule has 0 unspecified atom stereocenters. The number of anilines is 1. The first-order valence-electron chi connectivity index (χ1n) is 9.36. The van der Waals surface area contributed by atoms with Gasteiger partial charge in [-0.1, -0.05) is 36.5 Å². The summed E-state index contributed by atoms with van der Waals surface area (Å²) < 4.78 is 27.1. The van der Waals surface area contributed by atoms with Crippen molar-refractivity contribution in [2.24, 2.45) is 5.92 Å². The Hall–Kier alpha value is -1.88. The highest BCUT2D eigenvalue weighted by atomic mass is 32.2. The van der Waals surface area contributed by atoms with Gasteiger partial charge in [0.05, 0.1) is 0 Å². The molecule has 1 saturated heterocycles. The Bertz CT molecular complexity index is 878. The summed E-state index contributed by atoms with van der Waals surface area (Å²) in [5.41, 5.74) is 0.465.